The van der Waals surface area contributed by atoms with Gasteiger partial charge >= 0.3 is 0 Å². The molecule has 0 aliphatic heterocycles. The Bertz CT molecular complexity index is 1880. The van der Waals surface area contributed by atoms with Crippen molar-refractivity contribution >= 4 is 21.5 Å². The van der Waals surface area contributed by atoms with Gasteiger partial charge in [0.25, 0.3) is 0 Å². The zero-order valence-corrected chi connectivity index (χ0v) is 21.0. The van der Waals surface area contributed by atoms with Gasteiger partial charge in [-0.25, -0.2) is 0 Å². The summed E-state index contributed by atoms with van der Waals surface area (Å²) in [5.41, 5.74) is 9.99. The molecule has 0 saturated carbocycles. The predicted molar refractivity (Wildman–Crippen MR) is 163 cm³/mol. The number of fused-ring (bicyclic) bond motifs is 2. The molecule has 38 heavy (non-hydrogen) atoms. The summed E-state index contributed by atoms with van der Waals surface area (Å²) in [5, 5.41) is 5.12. The zero-order valence-electron chi connectivity index (χ0n) is 21.0. The van der Waals surface area contributed by atoms with Crippen molar-refractivity contribution in [2.45, 2.75) is 0 Å². The summed E-state index contributed by atoms with van der Waals surface area (Å²) in [5.74, 6) is 0. The molecule has 0 amide bonds. The van der Waals surface area contributed by atoms with Crippen LogP contribution in [0.2, 0.25) is 0 Å². The van der Waals surface area contributed by atoms with E-state index in [1.807, 2.05) is 0 Å². The Balaban J connectivity index is 1.63. The van der Waals surface area contributed by atoms with Gasteiger partial charge in [0, 0.05) is 0 Å². The standard InChI is InChI=1S/C38H26/c1-4-14-27(15-5-1)30-20-12-21-31(26-30)32-24-13-25-35-36(28-16-6-2-7-17-28)33-22-10-11-23-34(33)37(38(32)35)29-18-8-3-9-19-29/h1-26H. The monoisotopic (exact) mass is 482 g/mol. The minimum atomic E-state index is 1.23. The van der Waals surface area contributed by atoms with Crippen LogP contribution < -0.4 is 0 Å². The van der Waals surface area contributed by atoms with Crippen molar-refractivity contribution in [2.75, 3.05) is 0 Å². The van der Waals surface area contributed by atoms with Crippen molar-refractivity contribution in [1.82, 2.24) is 0 Å². The SMILES string of the molecule is c1ccc(-c2cccc(-c3cccc4c(-c5ccccc5)c5ccccc5c(-c5ccccc5)c34)c2)cc1. The van der Waals surface area contributed by atoms with Crippen LogP contribution in [0.15, 0.2) is 158 Å². The quantitative estimate of drug-likeness (QED) is 0.219. The van der Waals surface area contributed by atoms with Gasteiger partial charge in [-0.05, 0) is 72.1 Å². The fourth-order valence-corrected chi connectivity index (χ4v) is 5.79. The van der Waals surface area contributed by atoms with Crippen LogP contribution in [0.3, 0.4) is 0 Å². The van der Waals surface area contributed by atoms with E-state index in [1.165, 1.54) is 66.1 Å². The lowest BCUT2D eigenvalue weighted by Gasteiger charge is -2.20. The second-order valence-electron chi connectivity index (χ2n) is 9.70. The van der Waals surface area contributed by atoms with Crippen molar-refractivity contribution in [2.24, 2.45) is 0 Å². The van der Waals surface area contributed by atoms with Gasteiger partial charge in [0.05, 0.1) is 0 Å². The highest BCUT2D eigenvalue weighted by molar-refractivity contribution is 6.24. The average molecular weight is 483 g/mol. The Labute approximate surface area is 223 Å². The molecule has 7 rings (SSSR count). The molecule has 0 fully saturated rings. The maximum Gasteiger partial charge on any atom is -0.00141 e. The number of rotatable bonds is 4. The molecule has 178 valence electrons. The molecule has 7 aromatic rings. The Morgan fingerprint density at radius 3 is 1.37 bits per heavy atom. The van der Waals surface area contributed by atoms with E-state index in [-0.39, 0.29) is 0 Å². The fraction of sp³-hybridized carbons (Fsp3) is 0. The van der Waals surface area contributed by atoms with E-state index in [0.29, 0.717) is 0 Å². The number of hydrogen-bond acceptors (Lipinski definition) is 0. The first-order valence-electron chi connectivity index (χ1n) is 13.1. The molecular formula is C38H26. The first-order valence-corrected chi connectivity index (χ1v) is 13.1. The molecule has 0 saturated heterocycles. The maximum atomic E-state index is 2.33. The van der Waals surface area contributed by atoms with E-state index < -0.39 is 0 Å². The average Bonchev–Trinajstić information content (AvgIpc) is 3.01. The Morgan fingerprint density at radius 2 is 0.711 bits per heavy atom. The molecule has 0 aromatic heterocycles. The summed E-state index contributed by atoms with van der Waals surface area (Å²) in [4.78, 5) is 0. The summed E-state index contributed by atoms with van der Waals surface area (Å²) in [7, 11) is 0. The van der Waals surface area contributed by atoms with Crippen LogP contribution in [0, 0.1) is 0 Å². The highest BCUT2D eigenvalue weighted by atomic mass is 14.2. The molecule has 0 atom stereocenters. The molecule has 0 bridgehead atoms. The second-order valence-corrected chi connectivity index (χ2v) is 9.70. The molecule has 0 nitrogen and oxygen atoms in total. The minimum absolute atomic E-state index is 1.23. The van der Waals surface area contributed by atoms with Gasteiger partial charge in [0.2, 0.25) is 0 Å². The van der Waals surface area contributed by atoms with Crippen LogP contribution in [0.4, 0.5) is 0 Å². The Kier molecular flexibility index (Phi) is 5.57. The van der Waals surface area contributed by atoms with Crippen molar-refractivity contribution < 1.29 is 0 Å². The normalized spacial score (nSPS) is 11.2. The third kappa shape index (κ3) is 3.79. The van der Waals surface area contributed by atoms with Crippen LogP contribution in [-0.2, 0) is 0 Å². The maximum absolute atomic E-state index is 2.33. The third-order valence-corrected chi connectivity index (χ3v) is 7.46. The van der Waals surface area contributed by atoms with E-state index in [2.05, 4.69) is 158 Å². The molecule has 0 N–H and O–H groups in total. The first kappa shape index (κ1) is 22.3. The Hall–Kier alpha value is -4.94. The molecule has 0 unspecified atom stereocenters. The zero-order chi connectivity index (χ0) is 25.3. The van der Waals surface area contributed by atoms with Gasteiger partial charge in [-0.15, -0.1) is 0 Å². The molecule has 0 heteroatoms. The summed E-state index contributed by atoms with van der Waals surface area (Å²) in [6.45, 7) is 0. The van der Waals surface area contributed by atoms with Crippen LogP contribution in [0.5, 0.6) is 0 Å². The molecule has 0 aliphatic rings. The molecule has 0 spiro atoms. The highest BCUT2D eigenvalue weighted by Crippen LogP contribution is 2.47. The van der Waals surface area contributed by atoms with Crippen molar-refractivity contribution in [3.8, 4) is 44.5 Å². The smallest absolute Gasteiger partial charge is 0.00141 e. The van der Waals surface area contributed by atoms with E-state index in [9.17, 15) is 0 Å². The van der Waals surface area contributed by atoms with Crippen LogP contribution in [0.25, 0.3) is 66.1 Å². The van der Waals surface area contributed by atoms with E-state index in [4.69, 9.17) is 0 Å². The summed E-state index contributed by atoms with van der Waals surface area (Å²) < 4.78 is 0. The van der Waals surface area contributed by atoms with Crippen LogP contribution in [0.1, 0.15) is 0 Å². The number of benzene rings is 7. The minimum Gasteiger partial charge on any atom is -0.0622 e. The van der Waals surface area contributed by atoms with Crippen molar-refractivity contribution in [3.05, 3.63) is 158 Å². The molecule has 0 aliphatic carbocycles. The van der Waals surface area contributed by atoms with Gasteiger partial charge in [0.1, 0.15) is 0 Å². The highest BCUT2D eigenvalue weighted by Gasteiger charge is 2.19. The van der Waals surface area contributed by atoms with E-state index in [0.717, 1.165) is 0 Å². The topological polar surface area (TPSA) is 0 Å². The van der Waals surface area contributed by atoms with Crippen LogP contribution >= 0.6 is 0 Å². The van der Waals surface area contributed by atoms with Gasteiger partial charge in [0.15, 0.2) is 0 Å². The van der Waals surface area contributed by atoms with Crippen molar-refractivity contribution in [3.63, 3.8) is 0 Å². The van der Waals surface area contributed by atoms with Gasteiger partial charge in [-0.3, -0.25) is 0 Å². The first-order chi connectivity index (χ1) is 18.9. The van der Waals surface area contributed by atoms with Gasteiger partial charge in [-0.2, -0.15) is 0 Å². The molecule has 0 radical (unpaired) electrons. The van der Waals surface area contributed by atoms with E-state index >= 15 is 0 Å². The summed E-state index contributed by atoms with van der Waals surface area (Å²) in [6, 6.07) is 56.9. The summed E-state index contributed by atoms with van der Waals surface area (Å²) in [6.07, 6.45) is 0. The lowest BCUT2D eigenvalue weighted by atomic mass is 9.83. The molecule has 0 heterocycles. The lowest BCUT2D eigenvalue weighted by Crippen LogP contribution is -1.93. The van der Waals surface area contributed by atoms with Crippen LogP contribution in [-0.4, -0.2) is 0 Å². The predicted octanol–water partition coefficient (Wildman–Crippen LogP) is 10.7. The van der Waals surface area contributed by atoms with E-state index in [1.54, 1.807) is 0 Å². The Morgan fingerprint density at radius 1 is 0.263 bits per heavy atom. The molecular weight excluding hydrogens is 456 g/mol. The third-order valence-electron chi connectivity index (χ3n) is 7.46. The van der Waals surface area contributed by atoms with Gasteiger partial charge in [-0.1, -0.05) is 152 Å². The van der Waals surface area contributed by atoms with Crippen molar-refractivity contribution in [1.29, 1.82) is 0 Å². The second kappa shape index (κ2) is 9.50. The van der Waals surface area contributed by atoms with Gasteiger partial charge < -0.3 is 0 Å². The lowest BCUT2D eigenvalue weighted by molar-refractivity contribution is 1.60. The summed E-state index contributed by atoms with van der Waals surface area (Å²) >= 11 is 0. The molecule has 7 aromatic carbocycles. The number of hydrogen-bond donors (Lipinski definition) is 0. The largest absolute Gasteiger partial charge is 0.0622 e. The fourth-order valence-electron chi connectivity index (χ4n) is 5.79.